The lowest BCUT2D eigenvalue weighted by Crippen LogP contribution is -2.10. The maximum Gasteiger partial charge on any atom is 0.312 e. The molecule has 0 aliphatic heterocycles. The molecule has 0 aliphatic carbocycles. The van der Waals surface area contributed by atoms with Gasteiger partial charge in [0.25, 0.3) is 6.43 Å². The Morgan fingerprint density at radius 2 is 2.24 bits per heavy atom. The van der Waals surface area contributed by atoms with Crippen molar-refractivity contribution in [3.63, 3.8) is 0 Å². The molecule has 0 N–H and O–H groups in total. The molecule has 1 aromatic heterocycles. The summed E-state index contributed by atoms with van der Waals surface area (Å²) in [7, 11) is 1.33. The van der Waals surface area contributed by atoms with Crippen LogP contribution in [-0.4, -0.2) is 24.7 Å². The molecule has 0 spiro atoms. The fourth-order valence-corrected chi connectivity index (χ4v) is 1.27. The molecule has 94 valence electrons. The van der Waals surface area contributed by atoms with Crippen LogP contribution in [0.4, 0.5) is 8.78 Å². The van der Waals surface area contributed by atoms with Crippen LogP contribution in [0.25, 0.3) is 0 Å². The Bertz CT molecular complexity index is 396. The first-order chi connectivity index (χ1) is 8.08. The van der Waals surface area contributed by atoms with Crippen molar-refractivity contribution in [2.45, 2.75) is 19.8 Å². The van der Waals surface area contributed by atoms with E-state index in [1.807, 2.05) is 0 Å². The summed E-state index contributed by atoms with van der Waals surface area (Å²) in [5, 5.41) is 0. The molecule has 0 aromatic carbocycles. The molecule has 0 unspecified atom stereocenters. The molecular weight excluding hydrogens is 232 g/mol. The van der Waals surface area contributed by atoms with Crippen LogP contribution in [0.1, 0.15) is 24.6 Å². The molecule has 1 rings (SSSR count). The van der Waals surface area contributed by atoms with Crippen LogP contribution in [-0.2, 0) is 16.0 Å². The summed E-state index contributed by atoms with van der Waals surface area (Å²) < 4.78 is 34.5. The minimum atomic E-state index is -2.62. The third-order valence-electron chi connectivity index (χ3n) is 2.04. The van der Waals surface area contributed by atoms with Gasteiger partial charge in [-0.15, -0.1) is 0 Å². The second-order valence-corrected chi connectivity index (χ2v) is 3.20. The van der Waals surface area contributed by atoms with Crippen molar-refractivity contribution >= 4 is 5.97 Å². The van der Waals surface area contributed by atoms with Crippen molar-refractivity contribution in [3.8, 4) is 5.75 Å². The van der Waals surface area contributed by atoms with Gasteiger partial charge in [-0.3, -0.25) is 9.78 Å². The Morgan fingerprint density at radius 3 is 2.76 bits per heavy atom. The highest BCUT2D eigenvalue weighted by atomic mass is 19.3. The summed E-state index contributed by atoms with van der Waals surface area (Å²) in [6.45, 7) is 1.94. The summed E-state index contributed by atoms with van der Waals surface area (Å²) in [5.74, 6) is -0.307. The van der Waals surface area contributed by atoms with E-state index < -0.39 is 12.4 Å². The number of methoxy groups -OCH3 is 1. The molecule has 0 radical (unpaired) electrons. The number of nitrogens with zero attached hydrogens (tertiary/aromatic N) is 1. The maximum atomic E-state index is 12.4. The van der Waals surface area contributed by atoms with E-state index in [9.17, 15) is 13.6 Å². The van der Waals surface area contributed by atoms with Crippen molar-refractivity contribution in [2.24, 2.45) is 0 Å². The van der Waals surface area contributed by atoms with E-state index in [4.69, 9.17) is 9.47 Å². The first-order valence-corrected chi connectivity index (χ1v) is 5.05. The average molecular weight is 245 g/mol. The van der Waals surface area contributed by atoms with Crippen molar-refractivity contribution in [1.82, 2.24) is 4.98 Å². The van der Waals surface area contributed by atoms with E-state index in [0.717, 1.165) is 6.20 Å². The van der Waals surface area contributed by atoms with Gasteiger partial charge in [0.2, 0.25) is 0 Å². The number of ether oxygens (including phenoxy) is 2. The monoisotopic (exact) mass is 245 g/mol. The Balaban J connectivity index is 2.89. The molecule has 0 amide bonds. The highest BCUT2D eigenvalue weighted by Crippen LogP contribution is 2.25. The maximum absolute atomic E-state index is 12.4. The first-order valence-electron chi connectivity index (χ1n) is 5.05. The normalized spacial score (nSPS) is 10.4. The Morgan fingerprint density at radius 1 is 1.53 bits per heavy atom. The second-order valence-electron chi connectivity index (χ2n) is 3.20. The van der Waals surface area contributed by atoms with Gasteiger partial charge in [0, 0.05) is 11.8 Å². The number of alkyl halides is 2. The van der Waals surface area contributed by atoms with Gasteiger partial charge in [0.15, 0.2) is 0 Å². The molecule has 4 nitrogen and oxygen atoms in total. The van der Waals surface area contributed by atoms with Crippen molar-refractivity contribution in [2.75, 3.05) is 13.7 Å². The van der Waals surface area contributed by atoms with E-state index in [0.29, 0.717) is 0 Å². The summed E-state index contributed by atoms with van der Waals surface area (Å²) in [6, 6.07) is 1.17. The van der Waals surface area contributed by atoms with Crippen molar-refractivity contribution in [3.05, 3.63) is 23.5 Å². The quantitative estimate of drug-likeness (QED) is 0.745. The average Bonchev–Trinajstić information content (AvgIpc) is 2.29. The molecule has 1 aromatic rings. The lowest BCUT2D eigenvalue weighted by Gasteiger charge is -2.09. The molecular formula is C11H13F2NO3. The van der Waals surface area contributed by atoms with E-state index in [1.165, 1.54) is 13.2 Å². The third kappa shape index (κ3) is 3.65. The van der Waals surface area contributed by atoms with Gasteiger partial charge in [-0.05, 0) is 13.0 Å². The van der Waals surface area contributed by atoms with Gasteiger partial charge in [-0.1, -0.05) is 0 Å². The standard InChI is InChI=1S/C11H13F2NO3/c1-3-17-10(15)5-8-9(16-2)4-7(6-14-8)11(12)13/h4,6,11H,3,5H2,1-2H3. The summed E-state index contributed by atoms with van der Waals surface area (Å²) in [6.07, 6.45) is -1.68. The van der Waals surface area contributed by atoms with Gasteiger partial charge in [-0.2, -0.15) is 0 Å². The molecule has 17 heavy (non-hydrogen) atoms. The Kier molecular flexibility index (Phi) is 4.81. The molecule has 0 aliphatic rings. The zero-order valence-corrected chi connectivity index (χ0v) is 9.57. The minimum absolute atomic E-state index is 0.0967. The third-order valence-corrected chi connectivity index (χ3v) is 2.04. The highest BCUT2D eigenvalue weighted by molar-refractivity contribution is 5.72. The van der Waals surface area contributed by atoms with Crippen molar-refractivity contribution < 1.29 is 23.0 Å². The number of esters is 1. The summed E-state index contributed by atoms with van der Waals surface area (Å²) in [4.78, 5) is 15.0. The topological polar surface area (TPSA) is 48.4 Å². The van der Waals surface area contributed by atoms with E-state index in [2.05, 4.69) is 4.98 Å². The minimum Gasteiger partial charge on any atom is -0.495 e. The zero-order chi connectivity index (χ0) is 12.8. The number of rotatable bonds is 5. The predicted molar refractivity (Wildman–Crippen MR) is 56.1 cm³/mol. The van der Waals surface area contributed by atoms with Gasteiger partial charge in [0.1, 0.15) is 5.75 Å². The fraction of sp³-hybridized carbons (Fsp3) is 0.455. The fourth-order valence-electron chi connectivity index (χ4n) is 1.27. The number of pyridine rings is 1. The number of hydrogen-bond donors (Lipinski definition) is 0. The van der Waals surface area contributed by atoms with Crippen molar-refractivity contribution in [1.29, 1.82) is 0 Å². The number of carbonyl (C=O) groups excluding carboxylic acids is 1. The number of aromatic nitrogens is 1. The number of hydrogen-bond acceptors (Lipinski definition) is 4. The molecule has 0 fully saturated rings. The number of carbonyl (C=O) groups is 1. The predicted octanol–water partition coefficient (Wildman–Crippen LogP) is 2.13. The molecule has 1 heterocycles. The smallest absolute Gasteiger partial charge is 0.312 e. The molecule has 6 heteroatoms. The van der Waals surface area contributed by atoms with Crippen LogP contribution in [0, 0.1) is 0 Å². The number of halogens is 2. The van der Waals surface area contributed by atoms with Gasteiger partial charge in [0.05, 0.1) is 25.8 Å². The Labute approximate surface area is 97.6 Å². The highest BCUT2D eigenvalue weighted by Gasteiger charge is 2.15. The SMILES string of the molecule is CCOC(=O)Cc1ncc(C(F)F)cc1OC. The van der Waals surface area contributed by atoms with Crippen LogP contribution in [0.2, 0.25) is 0 Å². The largest absolute Gasteiger partial charge is 0.495 e. The zero-order valence-electron chi connectivity index (χ0n) is 9.57. The van der Waals surface area contributed by atoms with Crippen LogP contribution in [0.15, 0.2) is 12.3 Å². The Hall–Kier alpha value is -1.72. The van der Waals surface area contributed by atoms with Crippen LogP contribution < -0.4 is 4.74 Å². The van der Waals surface area contributed by atoms with Crippen LogP contribution >= 0.6 is 0 Å². The molecule has 0 atom stereocenters. The summed E-state index contributed by atoms with van der Waals surface area (Å²) >= 11 is 0. The lowest BCUT2D eigenvalue weighted by molar-refractivity contribution is -0.142. The molecule has 0 saturated carbocycles. The molecule has 0 bridgehead atoms. The van der Waals surface area contributed by atoms with Gasteiger partial charge < -0.3 is 9.47 Å². The van der Waals surface area contributed by atoms with E-state index in [-0.39, 0.29) is 30.0 Å². The summed E-state index contributed by atoms with van der Waals surface area (Å²) in [5.41, 5.74) is 0.0461. The molecule has 0 saturated heterocycles. The van der Waals surface area contributed by atoms with Gasteiger partial charge >= 0.3 is 5.97 Å². The second kappa shape index (κ2) is 6.12. The van der Waals surface area contributed by atoms with E-state index in [1.54, 1.807) is 6.92 Å². The van der Waals surface area contributed by atoms with E-state index >= 15 is 0 Å². The van der Waals surface area contributed by atoms with Crippen LogP contribution in [0.5, 0.6) is 5.75 Å². The first kappa shape index (κ1) is 13.3. The van der Waals surface area contributed by atoms with Crippen LogP contribution in [0.3, 0.4) is 0 Å². The van der Waals surface area contributed by atoms with Gasteiger partial charge in [-0.25, -0.2) is 8.78 Å². The lowest BCUT2D eigenvalue weighted by atomic mass is 10.2.